The quantitative estimate of drug-likeness (QED) is 0.824. The van der Waals surface area contributed by atoms with E-state index in [1.54, 1.807) is 4.90 Å². The highest BCUT2D eigenvalue weighted by molar-refractivity contribution is 5.48. The topological polar surface area (TPSA) is 73.5 Å². The molecule has 1 rings (SSSR count). The number of nitrogens with zero attached hydrogens (tertiary/aromatic N) is 3. The average molecular weight is 308 g/mol. The smallest absolute Gasteiger partial charge is 0.384 e. The lowest BCUT2D eigenvalue weighted by atomic mass is 10.3. The number of halogens is 3. The standard InChI is InChI=1S/C12H19F3N4O2/c1-8(7-21-3)19(4-5-20-2)10-6-9(16)17-11(18-10)12(13,14)15/h6,8H,4-5,7H2,1-3H3,(H2,16,17,18). The van der Waals surface area contributed by atoms with Crippen molar-refractivity contribution in [2.24, 2.45) is 0 Å². The lowest BCUT2D eigenvalue weighted by molar-refractivity contribution is -0.144. The van der Waals surface area contributed by atoms with Crippen molar-refractivity contribution in [3.8, 4) is 0 Å². The molecule has 1 heterocycles. The summed E-state index contributed by atoms with van der Waals surface area (Å²) in [6, 6.07) is 1.11. The van der Waals surface area contributed by atoms with E-state index >= 15 is 0 Å². The molecule has 1 aromatic heterocycles. The van der Waals surface area contributed by atoms with Crippen LogP contribution in [-0.4, -0.2) is 50.0 Å². The molecule has 2 N–H and O–H groups in total. The molecular formula is C12H19F3N4O2. The molecule has 0 aliphatic heterocycles. The van der Waals surface area contributed by atoms with Crippen molar-refractivity contribution >= 4 is 11.6 Å². The van der Waals surface area contributed by atoms with E-state index in [2.05, 4.69) is 9.97 Å². The summed E-state index contributed by atoms with van der Waals surface area (Å²) >= 11 is 0. The van der Waals surface area contributed by atoms with Crippen molar-refractivity contribution in [3.05, 3.63) is 11.9 Å². The zero-order valence-electron chi connectivity index (χ0n) is 12.1. The maximum absolute atomic E-state index is 12.8. The highest BCUT2D eigenvalue weighted by Crippen LogP contribution is 2.29. The molecular weight excluding hydrogens is 289 g/mol. The Labute approximate surface area is 121 Å². The van der Waals surface area contributed by atoms with Crippen LogP contribution in [0.25, 0.3) is 0 Å². The lowest BCUT2D eigenvalue weighted by Crippen LogP contribution is -2.39. The van der Waals surface area contributed by atoms with Crippen LogP contribution in [-0.2, 0) is 15.7 Å². The van der Waals surface area contributed by atoms with Gasteiger partial charge < -0.3 is 20.1 Å². The van der Waals surface area contributed by atoms with Gasteiger partial charge in [0.15, 0.2) is 0 Å². The number of alkyl halides is 3. The number of hydrogen-bond acceptors (Lipinski definition) is 6. The molecule has 9 heteroatoms. The molecule has 0 aliphatic rings. The van der Waals surface area contributed by atoms with Crippen LogP contribution in [0, 0.1) is 0 Å². The van der Waals surface area contributed by atoms with Crippen molar-refractivity contribution in [2.45, 2.75) is 19.1 Å². The van der Waals surface area contributed by atoms with Crippen molar-refractivity contribution in [2.75, 3.05) is 44.6 Å². The number of aromatic nitrogens is 2. The monoisotopic (exact) mass is 308 g/mol. The Morgan fingerprint density at radius 1 is 1.29 bits per heavy atom. The van der Waals surface area contributed by atoms with Gasteiger partial charge in [0.1, 0.15) is 11.6 Å². The highest BCUT2D eigenvalue weighted by atomic mass is 19.4. The Bertz CT molecular complexity index is 457. The van der Waals surface area contributed by atoms with E-state index in [1.807, 2.05) is 6.92 Å². The van der Waals surface area contributed by atoms with E-state index in [-0.39, 0.29) is 17.7 Å². The summed E-state index contributed by atoms with van der Waals surface area (Å²) in [5.74, 6) is -1.40. The maximum Gasteiger partial charge on any atom is 0.451 e. The van der Waals surface area contributed by atoms with Crippen LogP contribution in [0.3, 0.4) is 0 Å². The summed E-state index contributed by atoms with van der Waals surface area (Å²) in [5.41, 5.74) is 5.46. The molecule has 0 saturated carbocycles. The molecule has 0 aromatic carbocycles. The van der Waals surface area contributed by atoms with Crippen LogP contribution in [0.4, 0.5) is 24.8 Å². The van der Waals surface area contributed by atoms with Crippen LogP contribution in [0.15, 0.2) is 6.07 Å². The van der Waals surface area contributed by atoms with Gasteiger partial charge in [-0.05, 0) is 6.92 Å². The minimum Gasteiger partial charge on any atom is -0.384 e. The molecule has 0 saturated heterocycles. The predicted octanol–water partition coefficient (Wildman–Crippen LogP) is 1.57. The van der Waals surface area contributed by atoms with Crippen LogP contribution in [0.1, 0.15) is 12.7 Å². The second-order valence-electron chi connectivity index (χ2n) is 4.46. The third-order valence-corrected chi connectivity index (χ3v) is 2.76. The van der Waals surface area contributed by atoms with Crippen molar-refractivity contribution in [1.29, 1.82) is 0 Å². The van der Waals surface area contributed by atoms with Crippen molar-refractivity contribution in [3.63, 3.8) is 0 Å². The fourth-order valence-electron chi connectivity index (χ4n) is 1.81. The van der Waals surface area contributed by atoms with Gasteiger partial charge in [0.25, 0.3) is 0 Å². The summed E-state index contributed by atoms with van der Waals surface area (Å²) in [4.78, 5) is 8.42. The van der Waals surface area contributed by atoms with E-state index < -0.39 is 12.0 Å². The molecule has 0 amide bonds. The highest BCUT2D eigenvalue weighted by Gasteiger charge is 2.36. The largest absolute Gasteiger partial charge is 0.451 e. The molecule has 0 spiro atoms. The second-order valence-corrected chi connectivity index (χ2v) is 4.46. The summed E-state index contributed by atoms with van der Waals surface area (Å²) in [7, 11) is 3.02. The number of nitrogen functional groups attached to an aromatic ring is 1. The zero-order valence-corrected chi connectivity index (χ0v) is 12.1. The SMILES string of the molecule is COCCN(c1cc(N)nc(C(F)(F)F)n1)C(C)COC. The van der Waals surface area contributed by atoms with Gasteiger partial charge in [-0.15, -0.1) is 0 Å². The number of anilines is 2. The lowest BCUT2D eigenvalue weighted by Gasteiger charge is -2.30. The first-order valence-electron chi connectivity index (χ1n) is 6.25. The second kappa shape index (κ2) is 7.41. The van der Waals surface area contributed by atoms with Crippen molar-refractivity contribution in [1.82, 2.24) is 9.97 Å². The molecule has 21 heavy (non-hydrogen) atoms. The number of ether oxygens (including phenoxy) is 2. The van der Waals surface area contributed by atoms with Gasteiger partial charge in [0.2, 0.25) is 5.82 Å². The predicted molar refractivity (Wildman–Crippen MR) is 72.0 cm³/mol. The molecule has 1 aromatic rings. The molecule has 0 aliphatic carbocycles. The van der Waals surface area contributed by atoms with Gasteiger partial charge >= 0.3 is 6.18 Å². The molecule has 0 fully saturated rings. The Hall–Kier alpha value is -1.61. The molecule has 0 bridgehead atoms. The summed E-state index contributed by atoms with van der Waals surface area (Å²) in [6.07, 6.45) is -4.65. The van der Waals surface area contributed by atoms with E-state index in [0.29, 0.717) is 19.8 Å². The summed E-state index contributed by atoms with van der Waals surface area (Å²) in [5, 5.41) is 0. The third-order valence-electron chi connectivity index (χ3n) is 2.76. The maximum atomic E-state index is 12.8. The minimum absolute atomic E-state index is 0.0939. The Balaban J connectivity index is 3.14. The minimum atomic E-state index is -4.65. The molecule has 1 unspecified atom stereocenters. The summed E-state index contributed by atoms with van der Waals surface area (Å²) < 4.78 is 48.3. The number of hydrogen-bond donors (Lipinski definition) is 1. The van der Waals surface area contributed by atoms with E-state index in [4.69, 9.17) is 15.2 Å². The Morgan fingerprint density at radius 2 is 1.95 bits per heavy atom. The number of rotatable bonds is 7. The Kier molecular flexibility index (Phi) is 6.16. The normalized spacial score (nSPS) is 13.2. The molecule has 6 nitrogen and oxygen atoms in total. The molecule has 1 atom stereocenters. The first kappa shape index (κ1) is 17.4. The molecule has 120 valence electrons. The van der Waals surface area contributed by atoms with Crippen LogP contribution in [0.2, 0.25) is 0 Å². The van der Waals surface area contributed by atoms with Crippen LogP contribution >= 0.6 is 0 Å². The first-order chi connectivity index (χ1) is 9.79. The average Bonchev–Trinajstić information content (AvgIpc) is 2.38. The number of nitrogens with two attached hydrogens (primary N) is 1. The van der Waals surface area contributed by atoms with Gasteiger partial charge in [-0.25, -0.2) is 9.97 Å². The summed E-state index contributed by atoms with van der Waals surface area (Å²) in [6.45, 7) is 2.83. The third kappa shape index (κ3) is 5.01. The zero-order chi connectivity index (χ0) is 16.0. The fraction of sp³-hybridized carbons (Fsp3) is 0.667. The first-order valence-corrected chi connectivity index (χ1v) is 6.25. The van der Waals surface area contributed by atoms with Gasteiger partial charge in [-0.1, -0.05) is 0 Å². The Morgan fingerprint density at radius 3 is 2.48 bits per heavy atom. The molecule has 0 radical (unpaired) electrons. The van der Waals surface area contributed by atoms with Crippen LogP contribution in [0.5, 0.6) is 0 Å². The van der Waals surface area contributed by atoms with Gasteiger partial charge in [-0.2, -0.15) is 13.2 Å². The number of methoxy groups -OCH3 is 2. The fourth-order valence-corrected chi connectivity index (χ4v) is 1.81. The van der Waals surface area contributed by atoms with E-state index in [9.17, 15) is 13.2 Å². The van der Waals surface area contributed by atoms with E-state index in [1.165, 1.54) is 20.3 Å². The van der Waals surface area contributed by atoms with E-state index in [0.717, 1.165) is 0 Å². The van der Waals surface area contributed by atoms with Gasteiger partial charge in [0.05, 0.1) is 19.3 Å². The van der Waals surface area contributed by atoms with Crippen LogP contribution < -0.4 is 10.6 Å². The van der Waals surface area contributed by atoms with Gasteiger partial charge in [-0.3, -0.25) is 0 Å². The van der Waals surface area contributed by atoms with Gasteiger partial charge in [0, 0.05) is 26.8 Å². The van der Waals surface area contributed by atoms with Crippen molar-refractivity contribution < 1.29 is 22.6 Å².